The van der Waals surface area contributed by atoms with Crippen LogP contribution >= 0.6 is 19.5 Å². The van der Waals surface area contributed by atoms with Gasteiger partial charge < -0.3 is 0 Å². The highest BCUT2D eigenvalue weighted by atomic mass is 35.5. The molecule has 0 aliphatic carbocycles. The van der Waals surface area contributed by atoms with E-state index in [1.807, 2.05) is 0 Å². The maximum absolute atomic E-state index is 13.1. The van der Waals surface area contributed by atoms with Gasteiger partial charge in [-0.1, -0.05) is 19.5 Å². The lowest BCUT2D eigenvalue weighted by atomic mass is 10.3. The van der Waals surface area contributed by atoms with Crippen molar-refractivity contribution in [3.63, 3.8) is 0 Å². The summed E-state index contributed by atoms with van der Waals surface area (Å²) < 4.78 is 52.0. The van der Waals surface area contributed by atoms with Crippen molar-refractivity contribution in [2.75, 3.05) is 13.3 Å². The minimum Gasteiger partial charge on any atom is -0.203 e. The van der Waals surface area contributed by atoms with Crippen molar-refractivity contribution in [3.8, 4) is 0 Å². The molecule has 0 N–H and O–H groups in total. The lowest BCUT2D eigenvalue weighted by molar-refractivity contribution is 0.464. The number of hydrogen-bond acceptors (Lipinski definition) is 0. The molecule has 14 heavy (non-hydrogen) atoms. The van der Waals surface area contributed by atoms with E-state index >= 15 is 0 Å². The van der Waals surface area contributed by atoms with Crippen molar-refractivity contribution >= 4 is 24.8 Å². The SMILES string of the molecule is CP(C)c1c(F)c(F)c(Cl)c(F)c1F. The van der Waals surface area contributed by atoms with Crippen LogP contribution in [-0.2, 0) is 0 Å². The molecule has 0 atom stereocenters. The minimum atomic E-state index is -1.53. The molecule has 0 spiro atoms. The van der Waals surface area contributed by atoms with Crippen LogP contribution in [0.3, 0.4) is 0 Å². The molecule has 0 bridgehead atoms. The third kappa shape index (κ3) is 1.73. The largest absolute Gasteiger partial charge is 0.203 e. The van der Waals surface area contributed by atoms with Crippen LogP contribution in [0.2, 0.25) is 5.02 Å². The quantitative estimate of drug-likeness (QED) is 0.308. The first kappa shape index (κ1) is 11.7. The fourth-order valence-electron chi connectivity index (χ4n) is 0.986. The van der Waals surface area contributed by atoms with Gasteiger partial charge in [-0.05, 0) is 13.3 Å². The molecule has 0 aliphatic heterocycles. The van der Waals surface area contributed by atoms with Gasteiger partial charge in [0.15, 0.2) is 23.3 Å². The summed E-state index contributed by atoms with van der Waals surface area (Å²) in [5, 5.41) is -1.69. The van der Waals surface area contributed by atoms with Gasteiger partial charge in [-0.2, -0.15) is 0 Å². The first-order chi connectivity index (χ1) is 6.37. The van der Waals surface area contributed by atoms with E-state index in [1.165, 1.54) is 13.3 Å². The molecule has 1 rings (SSSR count). The van der Waals surface area contributed by atoms with E-state index in [0.29, 0.717) is 0 Å². The molecule has 1 aromatic carbocycles. The molecule has 0 amide bonds. The van der Waals surface area contributed by atoms with E-state index < -0.39 is 41.5 Å². The van der Waals surface area contributed by atoms with Gasteiger partial charge >= 0.3 is 0 Å². The van der Waals surface area contributed by atoms with Gasteiger partial charge in [-0.3, -0.25) is 0 Å². The smallest absolute Gasteiger partial charge is 0.181 e. The molecule has 1 aromatic rings. The molecule has 0 aliphatic rings. The second kappa shape index (κ2) is 4.03. The van der Waals surface area contributed by atoms with Gasteiger partial charge in [-0.25, -0.2) is 17.6 Å². The van der Waals surface area contributed by atoms with Gasteiger partial charge in [0.05, 0.1) is 5.30 Å². The van der Waals surface area contributed by atoms with Crippen LogP contribution in [0, 0.1) is 23.3 Å². The van der Waals surface area contributed by atoms with E-state index in [2.05, 4.69) is 0 Å². The summed E-state index contributed by atoms with van der Waals surface area (Å²) in [6, 6.07) is 0. The van der Waals surface area contributed by atoms with E-state index in [4.69, 9.17) is 11.6 Å². The maximum atomic E-state index is 13.1. The molecular weight excluding hydrogens is 239 g/mol. The summed E-state index contributed by atoms with van der Waals surface area (Å²) in [5.41, 5.74) is 0. The second-order valence-corrected chi connectivity index (χ2v) is 5.43. The number of rotatable bonds is 1. The zero-order chi connectivity index (χ0) is 11.0. The zero-order valence-electron chi connectivity index (χ0n) is 7.34. The van der Waals surface area contributed by atoms with Gasteiger partial charge in [0.25, 0.3) is 0 Å². The van der Waals surface area contributed by atoms with Crippen LogP contribution < -0.4 is 5.30 Å². The van der Waals surface area contributed by atoms with Crippen LogP contribution in [0.4, 0.5) is 17.6 Å². The Balaban J connectivity index is 3.60. The Hall–Kier alpha value is -0.340. The zero-order valence-corrected chi connectivity index (χ0v) is 8.99. The fraction of sp³-hybridized carbons (Fsp3) is 0.250. The third-order valence-corrected chi connectivity index (χ3v) is 3.25. The molecule has 0 saturated heterocycles. The minimum absolute atomic E-state index is 0.556. The lowest BCUT2D eigenvalue weighted by Gasteiger charge is -2.11. The summed E-state index contributed by atoms with van der Waals surface area (Å²) in [4.78, 5) is 0. The summed E-state index contributed by atoms with van der Waals surface area (Å²) >= 11 is 5.04. The molecule has 0 radical (unpaired) electrons. The molecule has 0 heterocycles. The van der Waals surface area contributed by atoms with Crippen molar-refractivity contribution in [1.29, 1.82) is 0 Å². The summed E-state index contributed by atoms with van der Waals surface area (Å²) in [7, 11) is -1.27. The topological polar surface area (TPSA) is 0 Å². The van der Waals surface area contributed by atoms with Crippen molar-refractivity contribution in [1.82, 2.24) is 0 Å². The Morgan fingerprint density at radius 2 is 1.21 bits per heavy atom. The lowest BCUT2D eigenvalue weighted by Crippen LogP contribution is -2.16. The number of benzene rings is 1. The first-order valence-electron chi connectivity index (χ1n) is 3.56. The molecule has 0 fully saturated rings. The van der Waals surface area contributed by atoms with Crippen molar-refractivity contribution in [2.24, 2.45) is 0 Å². The van der Waals surface area contributed by atoms with Crippen LogP contribution in [0.5, 0.6) is 0 Å². The Morgan fingerprint density at radius 3 is 1.50 bits per heavy atom. The Kier molecular flexibility index (Phi) is 3.38. The Bertz CT molecular complexity index is 349. The fourth-order valence-corrected chi connectivity index (χ4v) is 2.13. The highest BCUT2D eigenvalue weighted by Crippen LogP contribution is 2.32. The second-order valence-electron chi connectivity index (χ2n) is 2.81. The normalized spacial score (nSPS) is 11.1. The monoisotopic (exact) mass is 244 g/mol. The predicted octanol–water partition coefficient (Wildman–Crippen LogP) is 3.26. The molecule has 0 nitrogen and oxygen atoms in total. The van der Waals surface area contributed by atoms with Crippen LogP contribution in [0.1, 0.15) is 0 Å². The van der Waals surface area contributed by atoms with E-state index in [9.17, 15) is 17.6 Å². The summed E-state index contributed by atoms with van der Waals surface area (Å²) in [6.45, 7) is 2.98. The molecule has 0 saturated carbocycles. The van der Waals surface area contributed by atoms with Crippen LogP contribution in [0.15, 0.2) is 0 Å². The maximum Gasteiger partial charge on any atom is 0.181 e. The van der Waals surface area contributed by atoms with E-state index in [0.717, 1.165) is 0 Å². The van der Waals surface area contributed by atoms with Gasteiger partial charge in [0.2, 0.25) is 0 Å². The van der Waals surface area contributed by atoms with Crippen molar-refractivity contribution < 1.29 is 17.6 Å². The summed E-state index contributed by atoms with van der Waals surface area (Å²) in [5.74, 6) is -5.86. The van der Waals surface area contributed by atoms with E-state index in [-0.39, 0.29) is 0 Å². The third-order valence-electron chi connectivity index (χ3n) is 1.63. The molecule has 0 unspecified atom stereocenters. The van der Waals surface area contributed by atoms with Crippen molar-refractivity contribution in [3.05, 3.63) is 28.3 Å². The van der Waals surface area contributed by atoms with E-state index in [1.54, 1.807) is 0 Å². The highest BCUT2D eigenvalue weighted by Gasteiger charge is 2.25. The molecule has 78 valence electrons. The van der Waals surface area contributed by atoms with Crippen molar-refractivity contribution in [2.45, 2.75) is 0 Å². The highest BCUT2D eigenvalue weighted by molar-refractivity contribution is 7.64. The summed E-state index contributed by atoms with van der Waals surface area (Å²) in [6.07, 6.45) is 0. The predicted molar refractivity (Wildman–Crippen MR) is 49.7 cm³/mol. The Labute approximate surface area is 84.6 Å². The first-order valence-corrected chi connectivity index (χ1v) is 6.18. The van der Waals surface area contributed by atoms with Gasteiger partial charge in [0, 0.05) is 0 Å². The number of halogens is 5. The van der Waals surface area contributed by atoms with Crippen LogP contribution in [0.25, 0.3) is 0 Å². The van der Waals surface area contributed by atoms with Crippen LogP contribution in [-0.4, -0.2) is 13.3 Å². The Morgan fingerprint density at radius 1 is 0.857 bits per heavy atom. The molecule has 6 heteroatoms. The van der Waals surface area contributed by atoms with Gasteiger partial charge in [0.1, 0.15) is 5.02 Å². The average Bonchev–Trinajstić information content (AvgIpc) is 2.11. The number of hydrogen-bond donors (Lipinski definition) is 0. The van der Waals surface area contributed by atoms with Gasteiger partial charge in [-0.15, -0.1) is 0 Å². The average molecular weight is 245 g/mol. The standard InChI is InChI=1S/C8H6ClF4P/c1-14(2)8-6(12)4(10)3(9)5(11)7(8)13/h1-2H3. The molecule has 0 aromatic heterocycles. The molecular formula is C8H6ClF4P.